The van der Waals surface area contributed by atoms with Crippen molar-refractivity contribution in [1.29, 1.82) is 0 Å². The fourth-order valence-electron chi connectivity index (χ4n) is 2.47. The zero-order valence-electron chi connectivity index (χ0n) is 12.4. The van der Waals surface area contributed by atoms with Gasteiger partial charge in [0.25, 0.3) is 5.91 Å². The Morgan fingerprint density at radius 1 is 1.19 bits per heavy atom. The molecule has 0 saturated carbocycles. The molecule has 2 aromatic rings. The van der Waals surface area contributed by atoms with Crippen LogP contribution < -0.4 is 11.1 Å². The zero-order chi connectivity index (χ0) is 15.4. The smallest absolute Gasteiger partial charge is 0.251 e. The van der Waals surface area contributed by atoms with E-state index in [1.165, 1.54) is 12.1 Å². The van der Waals surface area contributed by atoms with Crippen LogP contribution in [-0.2, 0) is 0 Å². The highest BCUT2D eigenvalue weighted by Gasteiger charge is 2.13. The van der Waals surface area contributed by atoms with Gasteiger partial charge in [0.2, 0.25) is 0 Å². The molecule has 21 heavy (non-hydrogen) atoms. The average Bonchev–Trinajstić information content (AvgIpc) is 2.45. The van der Waals surface area contributed by atoms with Crippen LogP contribution in [0.15, 0.2) is 36.4 Å². The molecule has 1 atom stereocenters. The minimum atomic E-state index is -0.321. The number of benzene rings is 2. The molecule has 0 aliphatic rings. The Morgan fingerprint density at radius 2 is 1.86 bits per heavy atom. The minimum absolute atomic E-state index is 0.0688. The molecule has 0 spiro atoms. The summed E-state index contributed by atoms with van der Waals surface area (Å²) in [5.41, 5.74) is 6.44. The fourth-order valence-corrected chi connectivity index (χ4v) is 2.47. The van der Waals surface area contributed by atoms with E-state index in [2.05, 4.69) is 19.2 Å². The van der Waals surface area contributed by atoms with Crippen molar-refractivity contribution in [3.05, 3.63) is 47.8 Å². The summed E-state index contributed by atoms with van der Waals surface area (Å²) in [7, 11) is 0. The highest BCUT2D eigenvalue weighted by molar-refractivity contribution is 6.07. The number of hydrogen-bond acceptors (Lipinski definition) is 2. The first-order chi connectivity index (χ1) is 9.99. The van der Waals surface area contributed by atoms with Gasteiger partial charge in [-0.2, -0.15) is 0 Å². The predicted octanol–water partition coefficient (Wildman–Crippen LogP) is 3.08. The lowest BCUT2D eigenvalue weighted by Gasteiger charge is -2.15. The SMILES string of the molecule is CC(C)CC(N)CNC(=O)c1ccc(F)c2ccccc12. The van der Waals surface area contributed by atoms with E-state index < -0.39 is 0 Å². The molecular weight excluding hydrogens is 267 g/mol. The van der Waals surface area contributed by atoms with E-state index in [-0.39, 0.29) is 17.8 Å². The Morgan fingerprint density at radius 3 is 2.52 bits per heavy atom. The second-order valence-electron chi connectivity index (χ2n) is 5.74. The van der Waals surface area contributed by atoms with Crippen LogP contribution in [0.1, 0.15) is 30.6 Å². The molecular formula is C17H21FN2O. The molecule has 0 aliphatic heterocycles. The number of fused-ring (bicyclic) bond motifs is 1. The Bertz CT molecular complexity index is 640. The van der Waals surface area contributed by atoms with Crippen molar-refractivity contribution in [2.75, 3.05) is 6.54 Å². The lowest BCUT2D eigenvalue weighted by molar-refractivity contribution is 0.0951. The van der Waals surface area contributed by atoms with Crippen molar-refractivity contribution in [2.45, 2.75) is 26.3 Å². The summed E-state index contributed by atoms with van der Waals surface area (Å²) in [6, 6.07) is 9.74. The van der Waals surface area contributed by atoms with Crippen molar-refractivity contribution in [2.24, 2.45) is 11.7 Å². The minimum Gasteiger partial charge on any atom is -0.350 e. The van der Waals surface area contributed by atoms with E-state index in [4.69, 9.17) is 5.73 Å². The number of hydrogen-bond donors (Lipinski definition) is 2. The summed E-state index contributed by atoms with van der Waals surface area (Å²) in [5, 5.41) is 3.90. The Kier molecular flexibility index (Phi) is 4.91. The molecule has 2 aromatic carbocycles. The number of rotatable bonds is 5. The molecule has 0 heterocycles. The summed E-state index contributed by atoms with van der Waals surface area (Å²) in [4.78, 5) is 12.3. The maximum absolute atomic E-state index is 13.7. The van der Waals surface area contributed by atoms with E-state index in [1.807, 2.05) is 0 Å². The monoisotopic (exact) mass is 288 g/mol. The van der Waals surface area contributed by atoms with Crippen molar-refractivity contribution < 1.29 is 9.18 Å². The van der Waals surface area contributed by atoms with Crippen LogP contribution in [0, 0.1) is 11.7 Å². The Labute approximate surface area is 124 Å². The molecule has 0 saturated heterocycles. The first-order valence-corrected chi connectivity index (χ1v) is 7.20. The lowest BCUT2D eigenvalue weighted by atomic mass is 10.0. The quantitative estimate of drug-likeness (QED) is 0.888. The van der Waals surface area contributed by atoms with Gasteiger partial charge in [0.05, 0.1) is 0 Å². The van der Waals surface area contributed by atoms with E-state index in [1.54, 1.807) is 24.3 Å². The van der Waals surface area contributed by atoms with E-state index in [0.717, 1.165) is 6.42 Å². The molecule has 1 amide bonds. The number of amides is 1. The number of carbonyl (C=O) groups excluding carboxylic acids is 1. The zero-order valence-corrected chi connectivity index (χ0v) is 12.4. The summed E-state index contributed by atoms with van der Waals surface area (Å²) in [5.74, 6) is -0.0485. The summed E-state index contributed by atoms with van der Waals surface area (Å²) >= 11 is 0. The van der Waals surface area contributed by atoms with Crippen LogP contribution in [0.2, 0.25) is 0 Å². The van der Waals surface area contributed by atoms with Crippen LogP contribution in [0.5, 0.6) is 0 Å². The molecule has 3 N–H and O–H groups in total. The fraction of sp³-hybridized carbons (Fsp3) is 0.353. The molecule has 0 fully saturated rings. The van der Waals surface area contributed by atoms with Gasteiger partial charge in [0.1, 0.15) is 5.82 Å². The Hall–Kier alpha value is -1.94. The normalized spacial score (nSPS) is 12.6. The first kappa shape index (κ1) is 15.4. The van der Waals surface area contributed by atoms with Crippen LogP contribution in [0.4, 0.5) is 4.39 Å². The third-order valence-corrected chi connectivity index (χ3v) is 3.41. The molecule has 0 bridgehead atoms. The van der Waals surface area contributed by atoms with Gasteiger partial charge in [-0.1, -0.05) is 38.1 Å². The summed E-state index contributed by atoms with van der Waals surface area (Å²) in [6.45, 7) is 4.60. The molecule has 2 rings (SSSR count). The number of nitrogens with two attached hydrogens (primary N) is 1. The first-order valence-electron chi connectivity index (χ1n) is 7.20. The molecule has 1 unspecified atom stereocenters. The van der Waals surface area contributed by atoms with Gasteiger partial charge in [0, 0.05) is 23.5 Å². The molecule has 4 heteroatoms. The third-order valence-electron chi connectivity index (χ3n) is 3.41. The van der Waals surface area contributed by atoms with Gasteiger partial charge in [0.15, 0.2) is 0 Å². The van der Waals surface area contributed by atoms with E-state index >= 15 is 0 Å². The maximum Gasteiger partial charge on any atom is 0.251 e. The van der Waals surface area contributed by atoms with Crippen LogP contribution >= 0.6 is 0 Å². The van der Waals surface area contributed by atoms with Gasteiger partial charge in [-0.05, 0) is 29.9 Å². The number of halogens is 1. The second kappa shape index (κ2) is 6.68. The highest BCUT2D eigenvalue weighted by atomic mass is 19.1. The van der Waals surface area contributed by atoms with Crippen LogP contribution in [-0.4, -0.2) is 18.5 Å². The van der Waals surface area contributed by atoms with Crippen molar-refractivity contribution in [3.63, 3.8) is 0 Å². The van der Waals surface area contributed by atoms with Gasteiger partial charge in [-0.15, -0.1) is 0 Å². The Balaban J connectivity index is 2.15. The van der Waals surface area contributed by atoms with Crippen LogP contribution in [0.25, 0.3) is 10.8 Å². The molecule has 3 nitrogen and oxygen atoms in total. The van der Waals surface area contributed by atoms with E-state index in [9.17, 15) is 9.18 Å². The van der Waals surface area contributed by atoms with Crippen LogP contribution in [0.3, 0.4) is 0 Å². The van der Waals surface area contributed by atoms with Crippen molar-refractivity contribution in [1.82, 2.24) is 5.32 Å². The van der Waals surface area contributed by atoms with Crippen molar-refractivity contribution >= 4 is 16.7 Å². The summed E-state index contributed by atoms with van der Waals surface area (Å²) in [6.07, 6.45) is 0.852. The van der Waals surface area contributed by atoms with Gasteiger partial charge < -0.3 is 11.1 Å². The molecule has 0 aromatic heterocycles. The van der Waals surface area contributed by atoms with Gasteiger partial charge in [-0.3, -0.25) is 4.79 Å². The van der Waals surface area contributed by atoms with Gasteiger partial charge in [-0.25, -0.2) is 4.39 Å². The maximum atomic E-state index is 13.7. The number of nitrogens with one attached hydrogen (secondary N) is 1. The lowest BCUT2D eigenvalue weighted by Crippen LogP contribution is -2.38. The summed E-state index contributed by atoms with van der Waals surface area (Å²) < 4.78 is 13.7. The molecule has 112 valence electrons. The largest absolute Gasteiger partial charge is 0.350 e. The standard InChI is InChI=1S/C17H21FN2O/c1-11(2)9-12(19)10-20-17(21)15-7-8-16(18)14-6-4-3-5-13(14)15/h3-8,11-12H,9-10,19H2,1-2H3,(H,20,21). The highest BCUT2D eigenvalue weighted by Crippen LogP contribution is 2.21. The topological polar surface area (TPSA) is 55.1 Å². The average molecular weight is 288 g/mol. The van der Waals surface area contributed by atoms with Gasteiger partial charge >= 0.3 is 0 Å². The third kappa shape index (κ3) is 3.79. The van der Waals surface area contributed by atoms with E-state index in [0.29, 0.717) is 28.8 Å². The number of carbonyl (C=O) groups is 1. The predicted molar refractivity (Wildman–Crippen MR) is 83.7 cm³/mol. The van der Waals surface area contributed by atoms with Crippen molar-refractivity contribution in [3.8, 4) is 0 Å². The molecule has 0 radical (unpaired) electrons. The second-order valence-corrected chi connectivity index (χ2v) is 5.74. The molecule has 0 aliphatic carbocycles.